The zero-order chi connectivity index (χ0) is 10.7. The van der Waals surface area contributed by atoms with Crippen molar-refractivity contribution in [2.75, 3.05) is 0 Å². The summed E-state index contributed by atoms with van der Waals surface area (Å²) in [5.74, 6) is 1.48. The lowest BCUT2D eigenvalue weighted by Crippen LogP contribution is -2.01. The zero-order valence-electron chi connectivity index (χ0n) is 8.51. The van der Waals surface area contributed by atoms with E-state index < -0.39 is 0 Å². The van der Waals surface area contributed by atoms with E-state index in [0.717, 1.165) is 17.1 Å². The maximum absolute atomic E-state index is 5.54. The number of hydrogen-bond donors (Lipinski definition) is 1. The van der Waals surface area contributed by atoms with Gasteiger partial charge in [0.05, 0.1) is 18.7 Å². The lowest BCUT2D eigenvalue weighted by molar-refractivity contribution is 0.268. The first-order valence-corrected chi connectivity index (χ1v) is 4.66. The Hall–Kier alpha value is -1.75. The van der Waals surface area contributed by atoms with Crippen molar-refractivity contribution in [3.63, 3.8) is 0 Å². The van der Waals surface area contributed by atoms with Crippen LogP contribution in [-0.2, 0) is 20.2 Å². The van der Waals surface area contributed by atoms with E-state index in [-0.39, 0.29) is 0 Å². The van der Waals surface area contributed by atoms with Gasteiger partial charge in [-0.25, -0.2) is 0 Å². The fraction of sp³-hybridized carbons (Fsp3) is 0.300. The molecule has 0 fully saturated rings. The average molecular weight is 207 g/mol. The molecule has 0 saturated carbocycles. The van der Waals surface area contributed by atoms with Crippen molar-refractivity contribution in [1.29, 1.82) is 0 Å². The number of aryl methyl sites for hydroxylation is 1. The van der Waals surface area contributed by atoms with Gasteiger partial charge in [-0.3, -0.25) is 4.68 Å². The monoisotopic (exact) mass is 207 g/mol. The third kappa shape index (κ3) is 2.19. The van der Waals surface area contributed by atoms with Crippen LogP contribution in [0.5, 0.6) is 5.75 Å². The maximum Gasteiger partial charge on any atom is 0.157 e. The Balaban J connectivity index is 1.98. The Morgan fingerprint density at radius 3 is 3.13 bits per heavy atom. The fourth-order valence-corrected chi connectivity index (χ4v) is 1.30. The highest BCUT2D eigenvalue weighted by atomic mass is 16.5. The van der Waals surface area contributed by atoms with Crippen LogP contribution in [0, 0.1) is 0 Å². The normalized spacial score (nSPS) is 10.5. The third-order valence-electron chi connectivity index (χ3n) is 2.11. The van der Waals surface area contributed by atoms with Gasteiger partial charge in [-0.1, -0.05) is 0 Å². The van der Waals surface area contributed by atoms with Gasteiger partial charge in [0.1, 0.15) is 12.4 Å². The van der Waals surface area contributed by atoms with Crippen LogP contribution in [0.25, 0.3) is 0 Å². The number of rotatable bonds is 4. The van der Waals surface area contributed by atoms with Crippen LogP contribution in [0.3, 0.4) is 0 Å². The molecule has 2 rings (SSSR count). The first-order chi connectivity index (χ1) is 7.29. The summed E-state index contributed by atoms with van der Waals surface area (Å²) >= 11 is 0. The minimum Gasteiger partial charge on any atom is -0.482 e. The molecule has 0 saturated heterocycles. The summed E-state index contributed by atoms with van der Waals surface area (Å²) in [4.78, 5) is 0. The summed E-state index contributed by atoms with van der Waals surface area (Å²) in [7, 11) is 1.84. The van der Waals surface area contributed by atoms with Gasteiger partial charge < -0.3 is 14.9 Å². The molecule has 0 unspecified atom stereocenters. The van der Waals surface area contributed by atoms with E-state index in [0.29, 0.717) is 13.2 Å². The Bertz CT molecular complexity index is 433. The second-order valence-corrected chi connectivity index (χ2v) is 3.21. The second kappa shape index (κ2) is 4.18. The molecule has 0 radical (unpaired) electrons. The van der Waals surface area contributed by atoms with Crippen molar-refractivity contribution in [2.45, 2.75) is 13.2 Å². The number of nitrogens with zero attached hydrogens (tertiary/aromatic N) is 2. The standard InChI is InChI=1S/C10H13N3O2/c1-13-6-9(5-12-13)15-7-10-8(4-11)2-3-14-10/h2-3,5-6H,4,7,11H2,1H3. The predicted octanol–water partition coefficient (Wildman–Crippen LogP) is 1.05. The van der Waals surface area contributed by atoms with Crippen molar-refractivity contribution in [1.82, 2.24) is 9.78 Å². The highest BCUT2D eigenvalue weighted by Gasteiger charge is 2.05. The van der Waals surface area contributed by atoms with Crippen molar-refractivity contribution in [2.24, 2.45) is 12.8 Å². The molecular weight excluding hydrogens is 194 g/mol. The smallest absolute Gasteiger partial charge is 0.157 e. The molecule has 2 aromatic rings. The van der Waals surface area contributed by atoms with Gasteiger partial charge in [0, 0.05) is 19.2 Å². The highest BCUT2D eigenvalue weighted by molar-refractivity contribution is 5.17. The molecule has 2 heterocycles. The number of aromatic nitrogens is 2. The van der Waals surface area contributed by atoms with Crippen molar-refractivity contribution in [3.05, 3.63) is 36.0 Å². The largest absolute Gasteiger partial charge is 0.482 e. The molecule has 0 bridgehead atoms. The fourth-order valence-electron chi connectivity index (χ4n) is 1.30. The second-order valence-electron chi connectivity index (χ2n) is 3.21. The molecule has 0 aliphatic carbocycles. The Kier molecular flexibility index (Phi) is 2.73. The molecule has 15 heavy (non-hydrogen) atoms. The molecule has 2 N–H and O–H groups in total. The summed E-state index contributed by atoms with van der Waals surface area (Å²) in [6.07, 6.45) is 5.07. The molecule has 80 valence electrons. The molecule has 5 nitrogen and oxygen atoms in total. The van der Waals surface area contributed by atoms with E-state index in [9.17, 15) is 0 Å². The molecule has 0 aromatic carbocycles. The minimum atomic E-state index is 0.380. The summed E-state index contributed by atoms with van der Waals surface area (Å²) < 4.78 is 12.4. The van der Waals surface area contributed by atoms with Gasteiger partial charge in [-0.05, 0) is 6.07 Å². The molecule has 0 aliphatic heterocycles. The first kappa shape index (κ1) is 9.79. The van der Waals surface area contributed by atoms with Crippen LogP contribution in [0.4, 0.5) is 0 Å². The predicted molar refractivity (Wildman–Crippen MR) is 54.1 cm³/mol. The number of hydrogen-bond acceptors (Lipinski definition) is 4. The Morgan fingerprint density at radius 1 is 1.60 bits per heavy atom. The van der Waals surface area contributed by atoms with Crippen molar-refractivity contribution in [3.8, 4) is 5.75 Å². The SMILES string of the molecule is Cn1cc(OCc2occc2CN)cn1. The van der Waals surface area contributed by atoms with E-state index in [1.807, 2.05) is 13.1 Å². The van der Waals surface area contributed by atoms with E-state index in [1.165, 1.54) is 0 Å². The number of nitrogens with two attached hydrogens (primary N) is 1. The molecule has 0 aliphatic rings. The topological polar surface area (TPSA) is 66.2 Å². The van der Waals surface area contributed by atoms with E-state index in [4.69, 9.17) is 14.9 Å². The molecular formula is C10H13N3O2. The Labute approximate surface area is 87.4 Å². The van der Waals surface area contributed by atoms with Crippen LogP contribution in [0.15, 0.2) is 29.1 Å². The molecule has 0 amide bonds. The van der Waals surface area contributed by atoms with Crippen LogP contribution in [0.2, 0.25) is 0 Å². The van der Waals surface area contributed by atoms with Crippen molar-refractivity contribution < 1.29 is 9.15 Å². The van der Waals surface area contributed by atoms with Gasteiger partial charge in [0.15, 0.2) is 5.75 Å². The van der Waals surface area contributed by atoms with E-state index >= 15 is 0 Å². The van der Waals surface area contributed by atoms with Gasteiger partial charge in [-0.2, -0.15) is 5.10 Å². The molecule has 2 aromatic heterocycles. The average Bonchev–Trinajstić information content (AvgIpc) is 2.83. The molecule has 0 spiro atoms. The van der Waals surface area contributed by atoms with Gasteiger partial charge >= 0.3 is 0 Å². The minimum absolute atomic E-state index is 0.380. The van der Waals surface area contributed by atoms with E-state index in [1.54, 1.807) is 23.3 Å². The van der Waals surface area contributed by atoms with Crippen LogP contribution in [0.1, 0.15) is 11.3 Å². The van der Waals surface area contributed by atoms with Crippen molar-refractivity contribution >= 4 is 0 Å². The highest BCUT2D eigenvalue weighted by Crippen LogP contribution is 2.14. The van der Waals surface area contributed by atoms with Gasteiger partial charge in [0.25, 0.3) is 0 Å². The number of furan rings is 1. The maximum atomic E-state index is 5.54. The number of ether oxygens (including phenoxy) is 1. The Morgan fingerprint density at radius 2 is 2.47 bits per heavy atom. The quantitative estimate of drug-likeness (QED) is 0.813. The van der Waals surface area contributed by atoms with Gasteiger partial charge in [-0.15, -0.1) is 0 Å². The van der Waals surface area contributed by atoms with Gasteiger partial charge in [0.2, 0.25) is 0 Å². The van der Waals surface area contributed by atoms with Crippen LogP contribution in [-0.4, -0.2) is 9.78 Å². The lowest BCUT2D eigenvalue weighted by Gasteiger charge is -2.01. The summed E-state index contributed by atoms with van der Waals surface area (Å²) in [5, 5.41) is 4.00. The molecule has 0 atom stereocenters. The van der Waals surface area contributed by atoms with Crippen LogP contribution < -0.4 is 10.5 Å². The summed E-state index contributed by atoms with van der Waals surface area (Å²) in [5.41, 5.74) is 6.51. The zero-order valence-corrected chi connectivity index (χ0v) is 8.51. The first-order valence-electron chi connectivity index (χ1n) is 4.66. The van der Waals surface area contributed by atoms with E-state index in [2.05, 4.69) is 5.10 Å². The summed E-state index contributed by atoms with van der Waals surface area (Å²) in [6, 6.07) is 1.85. The lowest BCUT2D eigenvalue weighted by atomic mass is 10.2. The summed E-state index contributed by atoms with van der Waals surface area (Å²) in [6.45, 7) is 0.841. The molecule has 5 heteroatoms. The third-order valence-corrected chi connectivity index (χ3v) is 2.11. The van der Waals surface area contributed by atoms with Crippen LogP contribution >= 0.6 is 0 Å².